The number of rotatable bonds is 4. The predicted octanol–water partition coefficient (Wildman–Crippen LogP) is 2.53. The summed E-state index contributed by atoms with van der Waals surface area (Å²) in [6.07, 6.45) is 10.0. The van der Waals surface area contributed by atoms with Gasteiger partial charge in [0.15, 0.2) is 0 Å². The largest absolute Gasteiger partial charge is 0.347 e. The molecule has 0 bridgehead atoms. The van der Waals surface area contributed by atoms with Crippen LogP contribution in [0.5, 0.6) is 0 Å². The van der Waals surface area contributed by atoms with Gasteiger partial charge in [0.1, 0.15) is 6.04 Å². The molecule has 1 amide bonds. The number of amides is 1. The lowest BCUT2D eigenvalue weighted by Crippen LogP contribution is -2.36. The van der Waals surface area contributed by atoms with Gasteiger partial charge < -0.3 is 5.32 Å². The first-order valence-electron chi connectivity index (χ1n) is 8.93. The zero-order valence-electron chi connectivity index (χ0n) is 15.0. The molecule has 1 aliphatic rings. The average molecular weight is 350 g/mol. The number of hydrogen-bond acceptors (Lipinski definition) is 4. The molecule has 1 N–H and O–H groups in total. The molecule has 0 saturated carbocycles. The number of aromatic nitrogens is 5. The molecule has 0 fully saturated rings. The van der Waals surface area contributed by atoms with Crippen molar-refractivity contribution in [3.63, 3.8) is 0 Å². The van der Waals surface area contributed by atoms with Crippen molar-refractivity contribution >= 4 is 5.91 Å². The molecule has 4 rings (SSSR count). The molecule has 7 heteroatoms. The van der Waals surface area contributed by atoms with Gasteiger partial charge in [0.05, 0.1) is 17.9 Å². The maximum Gasteiger partial charge on any atom is 0.245 e. The van der Waals surface area contributed by atoms with Gasteiger partial charge in [0.2, 0.25) is 5.91 Å². The van der Waals surface area contributed by atoms with E-state index in [4.69, 9.17) is 0 Å². The van der Waals surface area contributed by atoms with Crippen molar-refractivity contribution in [2.75, 3.05) is 0 Å². The Morgan fingerprint density at radius 3 is 2.77 bits per heavy atom. The number of fused-ring (bicyclic) bond motifs is 1. The molecule has 3 aromatic heterocycles. The van der Waals surface area contributed by atoms with Crippen LogP contribution in [0, 0.1) is 6.92 Å². The van der Waals surface area contributed by atoms with E-state index >= 15 is 0 Å². The van der Waals surface area contributed by atoms with E-state index in [2.05, 4.69) is 20.5 Å². The van der Waals surface area contributed by atoms with E-state index in [0.29, 0.717) is 0 Å². The van der Waals surface area contributed by atoms with Gasteiger partial charge >= 0.3 is 0 Å². The first-order chi connectivity index (χ1) is 12.6. The molecular weight excluding hydrogens is 328 g/mol. The van der Waals surface area contributed by atoms with Gasteiger partial charge in [-0.15, -0.1) is 0 Å². The molecule has 1 aliphatic carbocycles. The lowest BCUT2D eigenvalue weighted by Gasteiger charge is -2.26. The lowest BCUT2D eigenvalue weighted by molar-refractivity contribution is -0.125. The molecule has 3 aromatic rings. The van der Waals surface area contributed by atoms with Crippen molar-refractivity contribution in [1.82, 2.24) is 29.9 Å². The third-order valence-electron chi connectivity index (χ3n) is 5.02. The molecule has 26 heavy (non-hydrogen) atoms. The van der Waals surface area contributed by atoms with Crippen LogP contribution in [0.1, 0.15) is 48.8 Å². The number of hydrogen-bond donors (Lipinski definition) is 1. The summed E-state index contributed by atoms with van der Waals surface area (Å²) in [6, 6.07) is 5.43. The summed E-state index contributed by atoms with van der Waals surface area (Å²) in [6.45, 7) is 3.83. The molecule has 0 radical (unpaired) electrons. The van der Waals surface area contributed by atoms with Gasteiger partial charge in [-0.2, -0.15) is 10.2 Å². The molecule has 2 atom stereocenters. The third kappa shape index (κ3) is 2.89. The van der Waals surface area contributed by atoms with Crippen molar-refractivity contribution in [2.45, 2.75) is 45.2 Å². The Morgan fingerprint density at radius 2 is 2.04 bits per heavy atom. The SMILES string of the molecule is Cc1ccnn1C(C)C(=O)NC1CCCc2c1cnn2-c1ccncc1. The zero-order chi connectivity index (χ0) is 18.1. The van der Waals surface area contributed by atoms with Crippen molar-refractivity contribution < 1.29 is 4.79 Å². The van der Waals surface area contributed by atoms with Crippen LogP contribution in [0.4, 0.5) is 0 Å². The monoisotopic (exact) mass is 350 g/mol. The lowest BCUT2D eigenvalue weighted by atomic mass is 9.92. The van der Waals surface area contributed by atoms with Crippen LogP contribution < -0.4 is 5.32 Å². The maximum absolute atomic E-state index is 12.7. The number of nitrogens with one attached hydrogen (secondary N) is 1. The first kappa shape index (κ1) is 16.5. The Hall–Kier alpha value is -2.96. The van der Waals surface area contributed by atoms with Crippen molar-refractivity contribution in [3.05, 3.63) is 59.9 Å². The molecular formula is C19H22N6O. The number of aryl methyl sites for hydroxylation is 1. The summed E-state index contributed by atoms with van der Waals surface area (Å²) in [4.78, 5) is 16.8. The number of nitrogens with zero attached hydrogens (tertiary/aromatic N) is 5. The Morgan fingerprint density at radius 1 is 1.23 bits per heavy atom. The van der Waals surface area contributed by atoms with E-state index in [-0.39, 0.29) is 18.0 Å². The second-order valence-electron chi connectivity index (χ2n) is 6.71. The van der Waals surface area contributed by atoms with Crippen LogP contribution in [-0.2, 0) is 11.2 Å². The van der Waals surface area contributed by atoms with E-state index in [1.807, 2.05) is 42.9 Å². The van der Waals surface area contributed by atoms with Crippen molar-refractivity contribution in [2.24, 2.45) is 0 Å². The molecule has 0 saturated heterocycles. The van der Waals surface area contributed by atoms with Gasteiger partial charge in [0.25, 0.3) is 0 Å². The normalized spacial score (nSPS) is 17.5. The van der Waals surface area contributed by atoms with Crippen LogP contribution in [0.25, 0.3) is 5.69 Å². The summed E-state index contributed by atoms with van der Waals surface area (Å²) >= 11 is 0. The second-order valence-corrected chi connectivity index (χ2v) is 6.71. The summed E-state index contributed by atoms with van der Waals surface area (Å²) < 4.78 is 3.70. The minimum absolute atomic E-state index is 0.0137. The fourth-order valence-corrected chi connectivity index (χ4v) is 3.60. The standard InChI is InChI=1S/C19H22N6O/c1-13-6-11-21-24(13)14(2)19(26)23-17-4-3-5-18-16(17)12-22-25(18)15-7-9-20-10-8-15/h6-12,14,17H,3-5H2,1-2H3,(H,23,26). The van der Waals surface area contributed by atoms with Gasteiger partial charge in [-0.05, 0) is 51.3 Å². The van der Waals surface area contributed by atoms with Gasteiger partial charge in [-0.1, -0.05) is 0 Å². The highest BCUT2D eigenvalue weighted by Crippen LogP contribution is 2.31. The smallest absolute Gasteiger partial charge is 0.245 e. The van der Waals surface area contributed by atoms with E-state index < -0.39 is 0 Å². The molecule has 7 nitrogen and oxygen atoms in total. The van der Waals surface area contributed by atoms with Crippen LogP contribution in [0.2, 0.25) is 0 Å². The minimum atomic E-state index is -0.342. The number of carbonyl (C=O) groups excluding carboxylic acids is 1. The highest BCUT2D eigenvalue weighted by Gasteiger charge is 2.28. The van der Waals surface area contributed by atoms with Crippen LogP contribution >= 0.6 is 0 Å². The summed E-state index contributed by atoms with van der Waals surface area (Å²) in [7, 11) is 0. The fraction of sp³-hybridized carbons (Fsp3) is 0.368. The second kappa shape index (κ2) is 6.74. The molecule has 0 aromatic carbocycles. The van der Waals surface area contributed by atoms with E-state index in [1.54, 1.807) is 23.3 Å². The average Bonchev–Trinajstić information content (AvgIpc) is 3.28. The van der Waals surface area contributed by atoms with Crippen LogP contribution in [0.3, 0.4) is 0 Å². The highest BCUT2D eigenvalue weighted by molar-refractivity contribution is 5.80. The fourth-order valence-electron chi connectivity index (χ4n) is 3.60. The summed E-state index contributed by atoms with van der Waals surface area (Å²) in [5.74, 6) is -0.0219. The third-order valence-corrected chi connectivity index (χ3v) is 5.02. The molecule has 0 spiro atoms. The Bertz CT molecular complexity index is 913. The van der Waals surface area contributed by atoms with Gasteiger partial charge in [-0.25, -0.2) is 4.68 Å². The maximum atomic E-state index is 12.7. The summed E-state index contributed by atoms with van der Waals surface area (Å²) in [5, 5.41) is 12.0. The quantitative estimate of drug-likeness (QED) is 0.784. The molecule has 2 unspecified atom stereocenters. The Labute approximate surface area is 152 Å². The Balaban J connectivity index is 1.56. The molecule has 134 valence electrons. The Kier molecular flexibility index (Phi) is 4.28. The van der Waals surface area contributed by atoms with Crippen LogP contribution in [-0.4, -0.2) is 30.5 Å². The first-order valence-corrected chi connectivity index (χ1v) is 8.93. The van der Waals surface area contributed by atoms with Gasteiger partial charge in [-0.3, -0.25) is 14.5 Å². The predicted molar refractivity (Wildman–Crippen MR) is 96.9 cm³/mol. The highest BCUT2D eigenvalue weighted by atomic mass is 16.2. The van der Waals surface area contributed by atoms with Crippen molar-refractivity contribution in [1.29, 1.82) is 0 Å². The molecule has 3 heterocycles. The minimum Gasteiger partial charge on any atom is -0.347 e. The van der Waals surface area contributed by atoms with E-state index in [9.17, 15) is 4.79 Å². The topological polar surface area (TPSA) is 77.6 Å². The number of pyridine rings is 1. The van der Waals surface area contributed by atoms with Crippen LogP contribution in [0.15, 0.2) is 43.0 Å². The summed E-state index contributed by atoms with van der Waals surface area (Å²) in [5.41, 5.74) is 4.23. The molecule has 0 aliphatic heterocycles. The van der Waals surface area contributed by atoms with E-state index in [0.717, 1.165) is 41.9 Å². The number of carbonyl (C=O) groups is 1. The van der Waals surface area contributed by atoms with E-state index in [1.165, 1.54) is 0 Å². The van der Waals surface area contributed by atoms with Crippen molar-refractivity contribution in [3.8, 4) is 5.69 Å². The van der Waals surface area contributed by atoms with Gasteiger partial charge in [0, 0.05) is 35.5 Å². The zero-order valence-corrected chi connectivity index (χ0v) is 15.0.